The number of benzene rings is 2. The van der Waals surface area contributed by atoms with E-state index in [-0.39, 0.29) is 22.8 Å². The number of aryl methyl sites for hydroxylation is 1. The smallest absolute Gasteiger partial charge is 0.335 e. The van der Waals surface area contributed by atoms with Crippen LogP contribution in [0, 0.1) is 19.7 Å². The van der Waals surface area contributed by atoms with E-state index in [1.807, 2.05) is 6.92 Å². The van der Waals surface area contributed by atoms with Gasteiger partial charge in [0.2, 0.25) is 5.82 Å². The van der Waals surface area contributed by atoms with Gasteiger partial charge < -0.3 is 9.63 Å². The van der Waals surface area contributed by atoms with E-state index in [9.17, 15) is 9.18 Å². The van der Waals surface area contributed by atoms with Crippen molar-refractivity contribution < 1.29 is 18.8 Å². The van der Waals surface area contributed by atoms with Crippen molar-refractivity contribution in [3.8, 4) is 22.8 Å². The van der Waals surface area contributed by atoms with Gasteiger partial charge in [-0.1, -0.05) is 23.4 Å². The fourth-order valence-electron chi connectivity index (χ4n) is 2.19. The molecule has 0 aliphatic carbocycles. The molecule has 0 fully saturated rings. The third-order valence-corrected chi connectivity index (χ3v) is 3.68. The molecule has 2 aromatic carbocycles. The van der Waals surface area contributed by atoms with Crippen LogP contribution in [0.15, 0.2) is 40.9 Å². The molecule has 1 aromatic heterocycles. The first-order chi connectivity index (χ1) is 11.0. The van der Waals surface area contributed by atoms with Crippen LogP contribution in [0.1, 0.15) is 21.5 Å². The van der Waals surface area contributed by atoms with Gasteiger partial charge in [0.25, 0.3) is 5.89 Å². The van der Waals surface area contributed by atoms with Crippen LogP contribution in [-0.4, -0.2) is 21.2 Å². The highest BCUT2D eigenvalue weighted by Crippen LogP contribution is 2.27. The van der Waals surface area contributed by atoms with E-state index in [0.717, 1.165) is 5.56 Å². The Morgan fingerprint density at radius 3 is 2.74 bits per heavy atom. The molecule has 116 valence electrons. The Morgan fingerprint density at radius 2 is 2.00 bits per heavy atom. The van der Waals surface area contributed by atoms with E-state index in [1.165, 1.54) is 12.1 Å². The highest BCUT2D eigenvalue weighted by molar-refractivity contribution is 5.89. The molecule has 1 heterocycles. The summed E-state index contributed by atoms with van der Waals surface area (Å²) in [5.74, 6) is -1.18. The lowest BCUT2D eigenvalue weighted by Gasteiger charge is -2.04. The van der Waals surface area contributed by atoms with Gasteiger partial charge in [-0.2, -0.15) is 4.98 Å². The van der Waals surface area contributed by atoms with Crippen molar-refractivity contribution in [1.82, 2.24) is 10.1 Å². The lowest BCUT2D eigenvalue weighted by Crippen LogP contribution is -1.96. The summed E-state index contributed by atoms with van der Waals surface area (Å²) in [7, 11) is 0. The molecule has 0 atom stereocenters. The molecule has 0 aliphatic heterocycles. The van der Waals surface area contributed by atoms with Gasteiger partial charge in [0.15, 0.2) is 0 Å². The Morgan fingerprint density at radius 1 is 1.22 bits per heavy atom. The standard InChI is InChI=1S/C17H13FN2O3/c1-9-6-7-13(14(18)10(9)2)16-19-15(20-23-16)11-4-3-5-12(8-11)17(21)22/h3-8H,1-2H3,(H,21,22). The molecule has 3 aromatic rings. The lowest BCUT2D eigenvalue weighted by molar-refractivity contribution is 0.0697. The molecular weight excluding hydrogens is 299 g/mol. The van der Waals surface area contributed by atoms with Crippen molar-refractivity contribution in [1.29, 1.82) is 0 Å². The topological polar surface area (TPSA) is 76.2 Å². The van der Waals surface area contributed by atoms with Crippen molar-refractivity contribution in [2.45, 2.75) is 13.8 Å². The third-order valence-electron chi connectivity index (χ3n) is 3.68. The molecule has 0 amide bonds. The molecule has 0 aliphatic rings. The molecule has 3 rings (SSSR count). The number of carboxylic acid groups (broad SMARTS) is 1. The Labute approximate surface area is 131 Å². The summed E-state index contributed by atoms with van der Waals surface area (Å²) in [6.07, 6.45) is 0. The molecule has 0 unspecified atom stereocenters. The fourth-order valence-corrected chi connectivity index (χ4v) is 2.19. The van der Waals surface area contributed by atoms with E-state index >= 15 is 0 Å². The zero-order valence-corrected chi connectivity index (χ0v) is 12.5. The molecule has 0 saturated carbocycles. The van der Waals surface area contributed by atoms with E-state index < -0.39 is 11.8 Å². The number of hydrogen-bond donors (Lipinski definition) is 1. The zero-order chi connectivity index (χ0) is 16.6. The molecule has 23 heavy (non-hydrogen) atoms. The first-order valence-electron chi connectivity index (χ1n) is 6.91. The van der Waals surface area contributed by atoms with Gasteiger partial charge >= 0.3 is 5.97 Å². The highest BCUT2D eigenvalue weighted by atomic mass is 19.1. The maximum atomic E-state index is 14.3. The summed E-state index contributed by atoms with van der Waals surface area (Å²) in [5, 5.41) is 12.8. The molecule has 0 radical (unpaired) electrons. The summed E-state index contributed by atoms with van der Waals surface area (Å²) >= 11 is 0. The van der Waals surface area contributed by atoms with E-state index in [4.69, 9.17) is 9.63 Å². The zero-order valence-electron chi connectivity index (χ0n) is 12.5. The van der Waals surface area contributed by atoms with Gasteiger partial charge in [0.1, 0.15) is 5.82 Å². The second-order valence-electron chi connectivity index (χ2n) is 5.18. The second-order valence-corrected chi connectivity index (χ2v) is 5.18. The van der Waals surface area contributed by atoms with Crippen molar-refractivity contribution >= 4 is 5.97 Å². The van der Waals surface area contributed by atoms with E-state index in [2.05, 4.69) is 10.1 Å². The fraction of sp³-hybridized carbons (Fsp3) is 0.118. The maximum Gasteiger partial charge on any atom is 0.335 e. The van der Waals surface area contributed by atoms with Crippen molar-refractivity contribution in [3.63, 3.8) is 0 Å². The predicted octanol–water partition coefficient (Wildman–Crippen LogP) is 3.86. The van der Waals surface area contributed by atoms with E-state index in [0.29, 0.717) is 11.1 Å². The number of nitrogens with zero attached hydrogens (tertiary/aromatic N) is 2. The molecule has 5 nitrogen and oxygen atoms in total. The van der Waals surface area contributed by atoms with Crippen LogP contribution in [0.4, 0.5) is 4.39 Å². The van der Waals surface area contributed by atoms with Crippen molar-refractivity contribution in [3.05, 3.63) is 58.9 Å². The van der Waals surface area contributed by atoms with Crippen molar-refractivity contribution in [2.24, 2.45) is 0 Å². The largest absolute Gasteiger partial charge is 0.478 e. The minimum Gasteiger partial charge on any atom is -0.478 e. The number of halogens is 1. The monoisotopic (exact) mass is 312 g/mol. The maximum absolute atomic E-state index is 14.3. The van der Waals surface area contributed by atoms with Gasteiger partial charge in [-0.15, -0.1) is 0 Å². The first kappa shape index (κ1) is 14.9. The Bertz CT molecular complexity index is 903. The molecule has 1 N–H and O–H groups in total. The van der Waals surface area contributed by atoms with Crippen LogP contribution in [0.2, 0.25) is 0 Å². The summed E-state index contributed by atoms with van der Waals surface area (Å²) in [4.78, 5) is 15.2. The SMILES string of the molecule is Cc1ccc(-c2nc(-c3cccc(C(=O)O)c3)no2)c(F)c1C. The minimum atomic E-state index is -1.05. The normalized spacial score (nSPS) is 10.7. The number of rotatable bonds is 3. The van der Waals surface area contributed by atoms with Gasteiger partial charge in [-0.25, -0.2) is 9.18 Å². The lowest BCUT2D eigenvalue weighted by atomic mass is 10.1. The van der Waals surface area contributed by atoms with Gasteiger partial charge in [-0.3, -0.25) is 0 Å². The van der Waals surface area contributed by atoms with Gasteiger partial charge in [-0.05, 0) is 43.2 Å². The van der Waals surface area contributed by atoms with Crippen LogP contribution < -0.4 is 0 Å². The second kappa shape index (κ2) is 5.64. The molecule has 0 bridgehead atoms. The van der Waals surface area contributed by atoms with Crippen molar-refractivity contribution in [2.75, 3.05) is 0 Å². The molecular formula is C17H13FN2O3. The summed E-state index contributed by atoms with van der Waals surface area (Å²) in [6, 6.07) is 9.53. The Kier molecular flexibility index (Phi) is 3.65. The van der Waals surface area contributed by atoms with Crippen LogP contribution in [0.5, 0.6) is 0 Å². The number of carboxylic acids is 1. The van der Waals surface area contributed by atoms with E-state index in [1.54, 1.807) is 31.2 Å². The summed E-state index contributed by atoms with van der Waals surface area (Å²) < 4.78 is 19.5. The van der Waals surface area contributed by atoms with Crippen LogP contribution in [0.25, 0.3) is 22.8 Å². The third kappa shape index (κ3) is 2.70. The number of aromatic nitrogens is 2. The number of carbonyl (C=O) groups is 1. The summed E-state index contributed by atoms with van der Waals surface area (Å²) in [6.45, 7) is 3.50. The predicted molar refractivity (Wildman–Crippen MR) is 81.6 cm³/mol. The van der Waals surface area contributed by atoms with Crippen LogP contribution in [-0.2, 0) is 0 Å². The highest BCUT2D eigenvalue weighted by Gasteiger charge is 2.17. The first-order valence-corrected chi connectivity index (χ1v) is 6.91. The average Bonchev–Trinajstić information content (AvgIpc) is 3.02. The Balaban J connectivity index is 2.03. The molecule has 0 saturated heterocycles. The summed E-state index contributed by atoms with van der Waals surface area (Å²) in [5.41, 5.74) is 2.19. The van der Waals surface area contributed by atoms with Crippen LogP contribution in [0.3, 0.4) is 0 Å². The number of hydrogen-bond acceptors (Lipinski definition) is 4. The average molecular weight is 312 g/mol. The molecule has 6 heteroatoms. The number of aromatic carboxylic acids is 1. The van der Waals surface area contributed by atoms with Gasteiger partial charge in [0, 0.05) is 5.56 Å². The van der Waals surface area contributed by atoms with Crippen LogP contribution >= 0.6 is 0 Å². The Hall–Kier alpha value is -3.02. The minimum absolute atomic E-state index is 0.0568. The molecule has 0 spiro atoms. The quantitative estimate of drug-likeness (QED) is 0.794. The van der Waals surface area contributed by atoms with Gasteiger partial charge in [0.05, 0.1) is 11.1 Å².